The van der Waals surface area contributed by atoms with Gasteiger partial charge in [0.1, 0.15) is 5.15 Å². The van der Waals surface area contributed by atoms with Crippen LogP contribution in [0.5, 0.6) is 0 Å². The maximum Gasteiger partial charge on any atom is 0.326 e. The third-order valence-electron chi connectivity index (χ3n) is 1.59. The molecule has 2 heterocycles. The summed E-state index contributed by atoms with van der Waals surface area (Å²) in [6, 6.07) is 1.39. The standard InChI is InChI=1S/C7H4ClN3O2/c8-5-1-3-4(2-9-5)10-7(13)11-6(3)12/h1-2H,(H2,10,11,12,13). The highest BCUT2D eigenvalue weighted by molar-refractivity contribution is 6.30. The Bertz CT molecular complexity index is 572. The average Bonchev–Trinajstić information content (AvgIpc) is 2.06. The zero-order valence-electron chi connectivity index (χ0n) is 6.30. The summed E-state index contributed by atoms with van der Waals surface area (Å²) in [5, 5.41) is 0.532. The van der Waals surface area contributed by atoms with Crippen molar-refractivity contribution < 1.29 is 0 Å². The van der Waals surface area contributed by atoms with E-state index in [0.717, 1.165) is 0 Å². The smallest absolute Gasteiger partial charge is 0.305 e. The number of fused-ring (bicyclic) bond motifs is 1. The molecule has 0 fully saturated rings. The van der Waals surface area contributed by atoms with Crippen molar-refractivity contribution in [1.29, 1.82) is 0 Å². The van der Waals surface area contributed by atoms with Crippen molar-refractivity contribution >= 4 is 22.5 Å². The van der Waals surface area contributed by atoms with Gasteiger partial charge >= 0.3 is 5.69 Å². The molecule has 5 nitrogen and oxygen atoms in total. The van der Waals surface area contributed by atoms with Crippen LogP contribution in [-0.4, -0.2) is 15.0 Å². The number of aromatic nitrogens is 3. The Labute approximate surface area is 76.4 Å². The Kier molecular flexibility index (Phi) is 1.66. The molecular weight excluding hydrogens is 194 g/mol. The highest BCUT2D eigenvalue weighted by Crippen LogP contribution is 2.08. The lowest BCUT2D eigenvalue weighted by molar-refractivity contribution is 1.07. The number of nitrogens with zero attached hydrogens (tertiary/aromatic N) is 1. The number of aromatic amines is 2. The first-order valence-electron chi connectivity index (χ1n) is 3.45. The quantitative estimate of drug-likeness (QED) is 0.595. The fraction of sp³-hybridized carbons (Fsp3) is 0. The van der Waals surface area contributed by atoms with Crippen LogP contribution in [0.3, 0.4) is 0 Å². The molecule has 0 unspecified atom stereocenters. The third-order valence-corrected chi connectivity index (χ3v) is 1.80. The Morgan fingerprint density at radius 3 is 2.85 bits per heavy atom. The molecule has 0 aliphatic carbocycles. The second-order valence-electron chi connectivity index (χ2n) is 2.46. The summed E-state index contributed by atoms with van der Waals surface area (Å²) in [5.74, 6) is 0. The highest BCUT2D eigenvalue weighted by Gasteiger charge is 2.00. The number of hydrogen-bond acceptors (Lipinski definition) is 3. The van der Waals surface area contributed by atoms with E-state index in [1.807, 2.05) is 0 Å². The first-order chi connectivity index (χ1) is 6.16. The first kappa shape index (κ1) is 8.00. The normalized spacial score (nSPS) is 10.5. The molecule has 2 aromatic rings. The van der Waals surface area contributed by atoms with Crippen LogP contribution in [0, 0.1) is 0 Å². The van der Waals surface area contributed by atoms with Gasteiger partial charge in [-0.15, -0.1) is 0 Å². The van der Waals surface area contributed by atoms with Crippen molar-refractivity contribution in [2.24, 2.45) is 0 Å². The molecule has 6 heteroatoms. The average molecular weight is 198 g/mol. The molecule has 2 rings (SSSR count). The molecule has 0 aromatic carbocycles. The molecule has 0 aliphatic heterocycles. The van der Waals surface area contributed by atoms with Crippen LogP contribution in [-0.2, 0) is 0 Å². The number of pyridine rings is 1. The van der Waals surface area contributed by atoms with Crippen LogP contribution in [0.1, 0.15) is 0 Å². The lowest BCUT2D eigenvalue weighted by atomic mass is 10.3. The lowest BCUT2D eigenvalue weighted by Gasteiger charge is -1.94. The largest absolute Gasteiger partial charge is 0.326 e. The lowest BCUT2D eigenvalue weighted by Crippen LogP contribution is -2.21. The summed E-state index contributed by atoms with van der Waals surface area (Å²) in [7, 11) is 0. The van der Waals surface area contributed by atoms with Gasteiger partial charge in [-0.2, -0.15) is 0 Å². The number of H-pyrrole nitrogens is 2. The molecule has 13 heavy (non-hydrogen) atoms. The topological polar surface area (TPSA) is 78.6 Å². The van der Waals surface area contributed by atoms with Gasteiger partial charge in [0.25, 0.3) is 5.56 Å². The Hall–Kier alpha value is -1.62. The monoisotopic (exact) mass is 197 g/mol. The summed E-state index contributed by atoms with van der Waals surface area (Å²) in [6.45, 7) is 0. The van der Waals surface area contributed by atoms with E-state index in [0.29, 0.717) is 10.9 Å². The van der Waals surface area contributed by atoms with Gasteiger partial charge in [0.05, 0.1) is 17.1 Å². The van der Waals surface area contributed by atoms with E-state index in [1.54, 1.807) is 0 Å². The zero-order valence-corrected chi connectivity index (χ0v) is 7.05. The molecule has 0 atom stereocenters. The van der Waals surface area contributed by atoms with Gasteiger partial charge in [0.15, 0.2) is 0 Å². The number of nitrogens with one attached hydrogen (secondary N) is 2. The molecule has 0 aliphatic rings. The molecule has 66 valence electrons. The second kappa shape index (κ2) is 2.70. The van der Waals surface area contributed by atoms with E-state index < -0.39 is 11.2 Å². The maximum atomic E-state index is 11.2. The number of rotatable bonds is 0. The van der Waals surface area contributed by atoms with Gasteiger partial charge in [-0.3, -0.25) is 9.78 Å². The molecule has 0 bridgehead atoms. The maximum absolute atomic E-state index is 11.2. The molecule has 2 aromatic heterocycles. The van der Waals surface area contributed by atoms with Crippen molar-refractivity contribution in [2.75, 3.05) is 0 Å². The van der Waals surface area contributed by atoms with Crippen LogP contribution in [0.25, 0.3) is 10.9 Å². The summed E-state index contributed by atoms with van der Waals surface area (Å²) in [6.07, 6.45) is 1.34. The van der Waals surface area contributed by atoms with Gasteiger partial charge in [0, 0.05) is 0 Å². The van der Waals surface area contributed by atoms with Crippen LogP contribution in [0.4, 0.5) is 0 Å². The summed E-state index contributed by atoms with van der Waals surface area (Å²) < 4.78 is 0. The van der Waals surface area contributed by atoms with Crippen molar-refractivity contribution in [3.8, 4) is 0 Å². The van der Waals surface area contributed by atoms with Gasteiger partial charge in [-0.1, -0.05) is 11.6 Å². The van der Waals surface area contributed by atoms with Crippen LogP contribution >= 0.6 is 11.6 Å². The molecule has 0 radical (unpaired) electrons. The van der Waals surface area contributed by atoms with Gasteiger partial charge in [-0.05, 0) is 6.07 Å². The number of halogens is 1. The SMILES string of the molecule is O=c1[nH]c(=O)c2cc(Cl)ncc2[nH]1. The van der Waals surface area contributed by atoms with Gasteiger partial charge in [0.2, 0.25) is 0 Å². The van der Waals surface area contributed by atoms with Crippen molar-refractivity contribution in [1.82, 2.24) is 15.0 Å². The molecule has 0 amide bonds. The Morgan fingerprint density at radius 1 is 1.31 bits per heavy atom. The first-order valence-corrected chi connectivity index (χ1v) is 3.82. The third kappa shape index (κ3) is 1.33. The van der Waals surface area contributed by atoms with E-state index >= 15 is 0 Å². The van der Waals surface area contributed by atoms with E-state index in [1.165, 1.54) is 12.3 Å². The van der Waals surface area contributed by atoms with E-state index in [-0.39, 0.29) is 5.15 Å². The number of hydrogen-bond donors (Lipinski definition) is 2. The van der Waals surface area contributed by atoms with E-state index in [9.17, 15) is 9.59 Å². The van der Waals surface area contributed by atoms with Gasteiger partial charge in [-0.25, -0.2) is 9.78 Å². The molecule has 0 saturated heterocycles. The minimum Gasteiger partial charge on any atom is -0.305 e. The second-order valence-corrected chi connectivity index (χ2v) is 2.85. The molecular formula is C7H4ClN3O2. The summed E-state index contributed by atoms with van der Waals surface area (Å²) >= 11 is 5.57. The van der Waals surface area contributed by atoms with Crippen molar-refractivity contribution in [3.63, 3.8) is 0 Å². The van der Waals surface area contributed by atoms with E-state index in [2.05, 4.69) is 15.0 Å². The molecule has 2 N–H and O–H groups in total. The molecule has 0 saturated carbocycles. The Morgan fingerprint density at radius 2 is 2.08 bits per heavy atom. The fourth-order valence-corrected chi connectivity index (χ4v) is 1.20. The van der Waals surface area contributed by atoms with Crippen LogP contribution in [0.15, 0.2) is 21.9 Å². The minimum atomic E-state index is -0.554. The predicted molar refractivity (Wildman–Crippen MR) is 48.0 cm³/mol. The summed E-state index contributed by atoms with van der Waals surface area (Å²) in [5.41, 5.74) is -0.650. The van der Waals surface area contributed by atoms with Crippen LogP contribution < -0.4 is 11.2 Å². The fourth-order valence-electron chi connectivity index (χ4n) is 1.04. The Balaban J connectivity index is 3.04. The molecule has 0 spiro atoms. The van der Waals surface area contributed by atoms with Crippen molar-refractivity contribution in [2.45, 2.75) is 0 Å². The van der Waals surface area contributed by atoms with Crippen molar-refractivity contribution in [3.05, 3.63) is 38.3 Å². The summed E-state index contributed by atoms with van der Waals surface area (Å²) in [4.78, 5) is 30.3. The highest BCUT2D eigenvalue weighted by atomic mass is 35.5. The van der Waals surface area contributed by atoms with Gasteiger partial charge < -0.3 is 4.98 Å². The minimum absolute atomic E-state index is 0.213. The zero-order chi connectivity index (χ0) is 9.42. The van der Waals surface area contributed by atoms with Crippen LogP contribution in [0.2, 0.25) is 5.15 Å². The predicted octanol–water partition coefficient (Wildman–Crippen LogP) is 0.265. The van der Waals surface area contributed by atoms with E-state index in [4.69, 9.17) is 11.6 Å².